The van der Waals surface area contributed by atoms with Crippen molar-refractivity contribution in [2.24, 2.45) is 0 Å². The molecule has 2 heterocycles. The molecule has 1 aliphatic heterocycles. The third-order valence-electron chi connectivity index (χ3n) is 3.44. The summed E-state index contributed by atoms with van der Waals surface area (Å²) in [5, 5.41) is 18.0. The van der Waals surface area contributed by atoms with Crippen molar-refractivity contribution in [2.45, 2.75) is 44.9 Å². The molecule has 0 aromatic carbocycles. The van der Waals surface area contributed by atoms with Crippen LogP contribution in [0.5, 0.6) is 0 Å². The largest absolute Gasteiger partial charge is 0.462 e. The SMILES string of the molecule is OCCC1CCCCN1Cc1ccc(CO)o1. The van der Waals surface area contributed by atoms with E-state index in [2.05, 4.69) is 4.90 Å². The molecule has 1 unspecified atom stereocenters. The number of rotatable bonds is 5. The fourth-order valence-electron chi connectivity index (χ4n) is 2.54. The lowest BCUT2D eigenvalue weighted by atomic mass is 9.99. The molecule has 2 N–H and O–H groups in total. The first-order chi connectivity index (χ1) is 8.33. The molecule has 4 nitrogen and oxygen atoms in total. The minimum Gasteiger partial charge on any atom is -0.462 e. The van der Waals surface area contributed by atoms with E-state index in [1.165, 1.54) is 12.8 Å². The lowest BCUT2D eigenvalue weighted by molar-refractivity contribution is 0.103. The lowest BCUT2D eigenvalue weighted by Crippen LogP contribution is -2.39. The molecule has 2 rings (SSSR count). The van der Waals surface area contributed by atoms with Crippen molar-refractivity contribution in [1.82, 2.24) is 4.90 Å². The topological polar surface area (TPSA) is 56.8 Å². The summed E-state index contributed by atoms with van der Waals surface area (Å²) in [6, 6.07) is 4.22. The maximum atomic E-state index is 9.06. The van der Waals surface area contributed by atoms with Crippen LogP contribution in [0.15, 0.2) is 16.5 Å². The standard InChI is InChI=1S/C13H21NO3/c15-8-6-11-3-1-2-7-14(11)9-12-4-5-13(10-16)17-12/h4-5,11,15-16H,1-3,6-10H2. The Morgan fingerprint density at radius 1 is 1.24 bits per heavy atom. The number of likely N-dealkylation sites (tertiary alicyclic amines) is 1. The molecule has 1 aromatic heterocycles. The molecular weight excluding hydrogens is 218 g/mol. The molecule has 1 atom stereocenters. The predicted octanol–water partition coefficient (Wildman–Crippen LogP) is 1.51. The Kier molecular flexibility index (Phi) is 4.59. The van der Waals surface area contributed by atoms with Gasteiger partial charge in [0.15, 0.2) is 0 Å². The predicted molar refractivity (Wildman–Crippen MR) is 64.4 cm³/mol. The normalized spacial score (nSPS) is 21.9. The van der Waals surface area contributed by atoms with Crippen LogP contribution in [0.1, 0.15) is 37.2 Å². The molecule has 0 saturated carbocycles. The third-order valence-corrected chi connectivity index (χ3v) is 3.44. The van der Waals surface area contributed by atoms with Crippen LogP contribution < -0.4 is 0 Å². The molecule has 96 valence electrons. The summed E-state index contributed by atoms with van der Waals surface area (Å²) in [6.45, 7) is 2.06. The summed E-state index contributed by atoms with van der Waals surface area (Å²) in [5.74, 6) is 1.52. The summed E-state index contributed by atoms with van der Waals surface area (Å²) < 4.78 is 5.51. The summed E-state index contributed by atoms with van der Waals surface area (Å²) in [6.07, 6.45) is 4.47. The molecule has 0 bridgehead atoms. The molecule has 1 aliphatic rings. The Bertz CT molecular complexity index is 335. The van der Waals surface area contributed by atoms with Crippen LogP contribution in [-0.2, 0) is 13.2 Å². The number of piperidine rings is 1. The zero-order valence-electron chi connectivity index (χ0n) is 10.1. The summed E-state index contributed by atoms with van der Waals surface area (Å²) in [7, 11) is 0. The van der Waals surface area contributed by atoms with Crippen molar-refractivity contribution < 1.29 is 14.6 Å². The van der Waals surface area contributed by atoms with E-state index in [0.29, 0.717) is 11.8 Å². The Morgan fingerprint density at radius 2 is 2.06 bits per heavy atom. The molecule has 1 saturated heterocycles. The van der Waals surface area contributed by atoms with Gasteiger partial charge in [0.25, 0.3) is 0 Å². The molecule has 17 heavy (non-hydrogen) atoms. The van der Waals surface area contributed by atoms with Gasteiger partial charge in [-0.15, -0.1) is 0 Å². The highest BCUT2D eigenvalue weighted by molar-refractivity contribution is 5.06. The van der Waals surface area contributed by atoms with Gasteiger partial charge in [-0.3, -0.25) is 4.90 Å². The van der Waals surface area contributed by atoms with Gasteiger partial charge < -0.3 is 14.6 Å². The third kappa shape index (κ3) is 3.31. The van der Waals surface area contributed by atoms with Gasteiger partial charge in [0.1, 0.15) is 18.1 Å². The quantitative estimate of drug-likeness (QED) is 0.817. The first-order valence-electron chi connectivity index (χ1n) is 6.37. The van der Waals surface area contributed by atoms with Crippen LogP contribution in [-0.4, -0.2) is 34.3 Å². The molecule has 0 aliphatic carbocycles. The second kappa shape index (κ2) is 6.19. The van der Waals surface area contributed by atoms with Crippen LogP contribution in [0.25, 0.3) is 0 Å². The van der Waals surface area contributed by atoms with E-state index in [4.69, 9.17) is 14.6 Å². The van der Waals surface area contributed by atoms with Crippen molar-refractivity contribution in [2.75, 3.05) is 13.2 Å². The number of nitrogens with zero attached hydrogens (tertiary/aromatic N) is 1. The highest BCUT2D eigenvalue weighted by Gasteiger charge is 2.22. The Balaban J connectivity index is 1.95. The van der Waals surface area contributed by atoms with Crippen molar-refractivity contribution in [3.8, 4) is 0 Å². The summed E-state index contributed by atoms with van der Waals surface area (Å²) >= 11 is 0. The van der Waals surface area contributed by atoms with E-state index < -0.39 is 0 Å². The van der Waals surface area contributed by atoms with Gasteiger partial charge in [-0.05, 0) is 37.9 Å². The fourth-order valence-corrected chi connectivity index (χ4v) is 2.54. The fraction of sp³-hybridized carbons (Fsp3) is 0.692. The average Bonchev–Trinajstić information content (AvgIpc) is 2.80. The zero-order chi connectivity index (χ0) is 12.1. The first-order valence-corrected chi connectivity index (χ1v) is 6.37. The number of aliphatic hydroxyl groups excluding tert-OH is 2. The molecule has 0 spiro atoms. The molecule has 0 radical (unpaired) electrons. The van der Waals surface area contributed by atoms with Crippen molar-refractivity contribution in [3.63, 3.8) is 0 Å². The van der Waals surface area contributed by atoms with Crippen LogP contribution >= 0.6 is 0 Å². The van der Waals surface area contributed by atoms with E-state index in [1.54, 1.807) is 0 Å². The van der Waals surface area contributed by atoms with Gasteiger partial charge in [-0.2, -0.15) is 0 Å². The monoisotopic (exact) mass is 239 g/mol. The van der Waals surface area contributed by atoms with E-state index in [1.807, 2.05) is 12.1 Å². The van der Waals surface area contributed by atoms with Gasteiger partial charge in [0.2, 0.25) is 0 Å². The lowest BCUT2D eigenvalue weighted by Gasteiger charge is -2.34. The van der Waals surface area contributed by atoms with E-state index in [9.17, 15) is 0 Å². The van der Waals surface area contributed by atoms with Crippen LogP contribution in [0, 0.1) is 0 Å². The van der Waals surface area contributed by atoms with Crippen molar-refractivity contribution in [3.05, 3.63) is 23.7 Å². The van der Waals surface area contributed by atoms with Gasteiger partial charge in [-0.1, -0.05) is 6.42 Å². The van der Waals surface area contributed by atoms with Gasteiger partial charge in [-0.25, -0.2) is 0 Å². The first kappa shape index (κ1) is 12.6. The Labute approximate surface area is 102 Å². The van der Waals surface area contributed by atoms with Crippen LogP contribution in [0.3, 0.4) is 0 Å². The summed E-state index contributed by atoms with van der Waals surface area (Å²) in [5.41, 5.74) is 0. The van der Waals surface area contributed by atoms with Crippen LogP contribution in [0.2, 0.25) is 0 Å². The highest BCUT2D eigenvalue weighted by Crippen LogP contribution is 2.22. The van der Waals surface area contributed by atoms with Crippen LogP contribution in [0.4, 0.5) is 0 Å². The van der Waals surface area contributed by atoms with Gasteiger partial charge in [0, 0.05) is 12.6 Å². The number of hydrogen-bond donors (Lipinski definition) is 2. The Morgan fingerprint density at radius 3 is 2.76 bits per heavy atom. The maximum absolute atomic E-state index is 9.06. The minimum atomic E-state index is -0.0416. The van der Waals surface area contributed by atoms with Gasteiger partial charge >= 0.3 is 0 Å². The second-order valence-electron chi connectivity index (χ2n) is 4.66. The summed E-state index contributed by atoms with van der Waals surface area (Å²) in [4.78, 5) is 2.37. The highest BCUT2D eigenvalue weighted by atomic mass is 16.4. The van der Waals surface area contributed by atoms with E-state index in [0.717, 1.165) is 31.7 Å². The van der Waals surface area contributed by atoms with Gasteiger partial charge in [0.05, 0.1) is 6.54 Å². The second-order valence-corrected chi connectivity index (χ2v) is 4.66. The molecular formula is C13H21NO3. The number of aliphatic hydroxyl groups is 2. The minimum absolute atomic E-state index is 0.0416. The molecule has 1 fully saturated rings. The number of hydrogen-bond acceptors (Lipinski definition) is 4. The molecule has 4 heteroatoms. The maximum Gasteiger partial charge on any atom is 0.129 e. The Hall–Kier alpha value is -0.840. The van der Waals surface area contributed by atoms with Crippen molar-refractivity contribution in [1.29, 1.82) is 0 Å². The van der Waals surface area contributed by atoms with E-state index >= 15 is 0 Å². The molecule has 0 amide bonds. The zero-order valence-corrected chi connectivity index (χ0v) is 10.1. The molecule has 1 aromatic rings. The number of furan rings is 1. The average molecular weight is 239 g/mol. The van der Waals surface area contributed by atoms with Crippen molar-refractivity contribution >= 4 is 0 Å². The van der Waals surface area contributed by atoms with E-state index in [-0.39, 0.29) is 13.2 Å². The smallest absolute Gasteiger partial charge is 0.129 e.